The number of hydrogen-bond donors (Lipinski definition) is 1. The Kier molecular flexibility index (Phi) is 6.22. The van der Waals surface area contributed by atoms with Gasteiger partial charge in [-0.25, -0.2) is 4.79 Å². The quantitative estimate of drug-likeness (QED) is 0.836. The zero-order chi connectivity index (χ0) is 14.4. The predicted molar refractivity (Wildman–Crippen MR) is 82.5 cm³/mol. The molecule has 0 saturated heterocycles. The third-order valence-corrected chi connectivity index (χ3v) is 3.98. The van der Waals surface area contributed by atoms with Crippen molar-refractivity contribution in [2.45, 2.75) is 38.3 Å². The van der Waals surface area contributed by atoms with Crippen molar-refractivity contribution >= 4 is 17.8 Å². The molecule has 19 heavy (non-hydrogen) atoms. The molecule has 0 aliphatic rings. The second-order valence-electron chi connectivity index (χ2n) is 5.19. The smallest absolute Gasteiger partial charge is 0.317 e. The largest absolute Gasteiger partial charge is 0.335 e. The molecule has 0 radical (unpaired) electrons. The Morgan fingerprint density at radius 3 is 2.63 bits per heavy atom. The van der Waals surface area contributed by atoms with E-state index in [1.54, 1.807) is 16.7 Å². The summed E-state index contributed by atoms with van der Waals surface area (Å²) in [6.07, 6.45) is 2.06. The molecule has 0 unspecified atom stereocenters. The number of urea groups is 1. The number of amides is 2. The molecule has 106 valence electrons. The van der Waals surface area contributed by atoms with Crippen LogP contribution in [-0.2, 0) is 6.54 Å². The van der Waals surface area contributed by atoms with Gasteiger partial charge in [0.05, 0.1) is 0 Å². The van der Waals surface area contributed by atoms with Crippen LogP contribution in [0.2, 0.25) is 0 Å². The summed E-state index contributed by atoms with van der Waals surface area (Å²) >= 11 is 1.71. The second-order valence-corrected chi connectivity index (χ2v) is 6.07. The summed E-state index contributed by atoms with van der Waals surface area (Å²) in [5, 5.41) is 3.01. The van der Waals surface area contributed by atoms with Gasteiger partial charge in [-0.3, -0.25) is 0 Å². The van der Waals surface area contributed by atoms with Crippen molar-refractivity contribution in [2.24, 2.45) is 5.92 Å². The van der Waals surface area contributed by atoms with Gasteiger partial charge < -0.3 is 10.2 Å². The molecule has 0 aromatic heterocycles. The molecule has 1 aromatic carbocycles. The number of carbonyl (C=O) groups excluding carboxylic acids is 1. The first-order chi connectivity index (χ1) is 8.93. The highest BCUT2D eigenvalue weighted by atomic mass is 32.2. The van der Waals surface area contributed by atoms with Crippen molar-refractivity contribution < 1.29 is 4.79 Å². The summed E-state index contributed by atoms with van der Waals surface area (Å²) in [5.74, 6) is 0.442. The number of benzene rings is 1. The predicted octanol–water partition coefficient (Wildman–Crippen LogP) is 3.59. The van der Waals surface area contributed by atoms with Crippen molar-refractivity contribution in [2.75, 3.05) is 13.3 Å². The molecule has 0 aliphatic heterocycles. The minimum absolute atomic E-state index is 0.0178. The zero-order valence-corrected chi connectivity index (χ0v) is 13.3. The summed E-state index contributed by atoms with van der Waals surface area (Å²) in [7, 11) is 1.83. The van der Waals surface area contributed by atoms with E-state index in [4.69, 9.17) is 0 Å². The lowest BCUT2D eigenvalue weighted by molar-refractivity contribution is 0.200. The molecular formula is C15H24N2OS. The van der Waals surface area contributed by atoms with Gasteiger partial charge in [-0.15, -0.1) is 11.8 Å². The number of nitrogens with zero attached hydrogens (tertiary/aromatic N) is 1. The molecule has 0 heterocycles. The third-order valence-electron chi connectivity index (χ3n) is 3.25. The highest BCUT2D eigenvalue weighted by Crippen LogP contribution is 2.16. The molecule has 1 rings (SSSR count). The van der Waals surface area contributed by atoms with Gasteiger partial charge in [-0.2, -0.15) is 0 Å². The van der Waals surface area contributed by atoms with Crippen molar-refractivity contribution in [3.8, 4) is 0 Å². The molecule has 0 saturated carbocycles. The van der Waals surface area contributed by atoms with Crippen LogP contribution in [0, 0.1) is 5.92 Å². The maximum absolute atomic E-state index is 12.0. The average Bonchev–Trinajstić information content (AvgIpc) is 2.38. The molecule has 0 spiro atoms. The van der Waals surface area contributed by atoms with Crippen LogP contribution in [0.15, 0.2) is 29.2 Å². The summed E-state index contributed by atoms with van der Waals surface area (Å²) in [6, 6.07) is 8.46. The average molecular weight is 280 g/mol. The summed E-state index contributed by atoms with van der Waals surface area (Å²) in [4.78, 5) is 15.0. The van der Waals surface area contributed by atoms with Gasteiger partial charge in [0.25, 0.3) is 0 Å². The maximum atomic E-state index is 12.0. The Balaban J connectivity index is 2.58. The van der Waals surface area contributed by atoms with Crippen molar-refractivity contribution in [1.82, 2.24) is 10.2 Å². The maximum Gasteiger partial charge on any atom is 0.317 e. The molecule has 1 atom stereocenters. The first-order valence-electron chi connectivity index (χ1n) is 6.58. The van der Waals surface area contributed by atoms with Crippen LogP contribution in [0.25, 0.3) is 0 Å². The number of rotatable bonds is 5. The van der Waals surface area contributed by atoms with Crippen molar-refractivity contribution in [1.29, 1.82) is 0 Å². The van der Waals surface area contributed by atoms with Gasteiger partial charge in [-0.1, -0.05) is 26.0 Å². The van der Waals surface area contributed by atoms with E-state index in [1.165, 1.54) is 4.90 Å². The summed E-state index contributed by atoms with van der Waals surface area (Å²) < 4.78 is 0. The Hall–Kier alpha value is -1.16. The number of thioether (sulfide) groups is 1. The van der Waals surface area contributed by atoms with Gasteiger partial charge in [0, 0.05) is 24.5 Å². The van der Waals surface area contributed by atoms with Crippen LogP contribution in [0.3, 0.4) is 0 Å². The van der Waals surface area contributed by atoms with Gasteiger partial charge in [0.1, 0.15) is 0 Å². The monoisotopic (exact) mass is 280 g/mol. The fourth-order valence-electron chi connectivity index (χ4n) is 1.59. The van der Waals surface area contributed by atoms with Gasteiger partial charge in [0.2, 0.25) is 0 Å². The lowest BCUT2D eigenvalue weighted by Crippen LogP contribution is -2.43. The van der Waals surface area contributed by atoms with Crippen LogP contribution in [-0.4, -0.2) is 30.3 Å². The normalized spacial score (nSPS) is 12.3. The van der Waals surface area contributed by atoms with E-state index in [9.17, 15) is 4.79 Å². The highest BCUT2D eigenvalue weighted by molar-refractivity contribution is 7.98. The number of nitrogens with one attached hydrogen (secondary N) is 1. The Morgan fingerprint density at radius 1 is 1.37 bits per heavy atom. The van der Waals surface area contributed by atoms with Gasteiger partial charge in [0.15, 0.2) is 0 Å². The van der Waals surface area contributed by atoms with Gasteiger partial charge in [-0.05, 0) is 36.8 Å². The first kappa shape index (κ1) is 15.9. The number of hydrogen-bond acceptors (Lipinski definition) is 2. The van der Waals surface area contributed by atoms with Crippen molar-refractivity contribution in [3.63, 3.8) is 0 Å². The SMILES string of the molecule is CSc1cccc(CN(C)C(=O)N[C@H](C)C(C)C)c1. The lowest BCUT2D eigenvalue weighted by atomic mass is 10.1. The molecule has 1 N–H and O–H groups in total. The van der Waals surface area contributed by atoms with E-state index in [0.29, 0.717) is 12.5 Å². The number of carbonyl (C=O) groups is 1. The van der Waals surface area contributed by atoms with E-state index < -0.39 is 0 Å². The minimum atomic E-state index is -0.0178. The zero-order valence-electron chi connectivity index (χ0n) is 12.4. The fraction of sp³-hybridized carbons (Fsp3) is 0.533. The van der Waals surface area contributed by atoms with Crippen LogP contribution in [0.1, 0.15) is 26.3 Å². The summed E-state index contributed by atoms with van der Waals surface area (Å²) in [5.41, 5.74) is 1.15. The Morgan fingerprint density at radius 2 is 2.05 bits per heavy atom. The van der Waals surface area contributed by atoms with Crippen LogP contribution < -0.4 is 5.32 Å². The summed E-state index contributed by atoms with van der Waals surface area (Å²) in [6.45, 7) is 6.87. The molecule has 4 heteroatoms. The molecule has 0 aliphatic carbocycles. The second kappa shape index (κ2) is 7.43. The Labute approximate surface area is 120 Å². The topological polar surface area (TPSA) is 32.3 Å². The molecular weight excluding hydrogens is 256 g/mol. The molecule has 0 fully saturated rings. The van der Waals surface area contributed by atoms with Crippen LogP contribution in [0.4, 0.5) is 4.79 Å². The minimum Gasteiger partial charge on any atom is -0.335 e. The van der Waals surface area contributed by atoms with E-state index in [0.717, 1.165) is 5.56 Å². The highest BCUT2D eigenvalue weighted by Gasteiger charge is 2.14. The van der Waals surface area contributed by atoms with Crippen molar-refractivity contribution in [3.05, 3.63) is 29.8 Å². The van der Waals surface area contributed by atoms with E-state index in [-0.39, 0.29) is 12.1 Å². The first-order valence-corrected chi connectivity index (χ1v) is 7.81. The molecule has 3 nitrogen and oxygen atoms in total. The molecule has 0 bridgehead atoms. The van der Waals surface area contributed by atoms with Crippen LogP contribution >= 0.6 is 11.8 Å². The Bertz CT molecular complexity index is 420. The van der Waals surface area contributed by atoms with E-state index in [1.807, 2.05) is 20.0 Å². The lowest BCUT2D eigenvalue weighted by Gasteiger charge is -2.23. The fourth-order valence-corrected chi connectivity index (χ4v) is 2.07. The standard InChI is InChI=1S/C15H24N2OS/c1-11(2)12(3)16-15(18)17(4)10-13-7-6-8-14(9-13)19-5/h6-9,11-12H,10H2,1-5H3,(H,16,18)/t12-/m1/s1. The van der Waals surface area contributed by atoms with E-state index >= 15 is 0 Å². The van der Waals surface area contributed by atoms with E-state index in [2.05, 4.69) is 43.6 Å². The van der Waals surface area contributed by atoms with Gasteiger partial charge >= 0.3 is 6.03 Å². The molecule has 1 aromatic rings. The third kappa shape index (κ3) is 5.15. The van der Waals surface area contributed by atoms with Crippen LogP contribution in [0.5, 0.6) is 0 Å². The molecule has 2 amide bonds.